The third-order valence-corrected chi connectivity index (χ3v) is 4.86. The minimum absolute atomic E-state index is 0.0162. The molecule has 144 valence electrons. The Morgan fingerprint density at radius 3 is 2.54 bits per heavy atom. The predicted molar refractivity (Wildman–Crippen MR) is 104 cm³/mol. The van der Waals surface area contributed by atoms with Gasteiger partial charge in [0.15, 0.2) is 0 Å². The van der Waals surface area contributed by atoms with E-state index in [2.05, 4.69) is 5.32 Å². The highest BCUT2D eigenvalue weighted by atomic mass is 16.5. The number of carbonyl (C=O) groups excluding carboxylic acids is 2. The van der Waals surface area contributed by atoms with E-state index in [1.807, 2.05) is 26.8 Å². The molecule has 0 saturated carbocycles. The second-order valence-corrected chi connectivity index (χ2v) is 6.81. The Morgan fingerprint density at radius 2 is 1.96 bits per heavy atom. The molecule has 0 aliphatic carbocycles. The molecule has 1 aromatic rings. The molecule has 26 heavy (non-hydrogen) atoms. The number of amides is 3. The maximum Gasteiger partial charge on any atom is 0.321 e. The minimum atomic E-state index is -0.162. The highest BCUT2D eigenvalue weighted by molar-refractivity contribution is 5.96. The lowest BCUT2D eigenvalue weighted by atomic mass is 10.1. The van der Waals surface area contributed by atoms with Gasteiger partial charge >= 0.3 is 6.03 Å². The normalized spacial score (nSPS) is 16.8. The van der Waals surface area contributed by atoms with E-state index in [1.165, 1.54) is 0 Å². The van der Waals surface area contributed by atoms with Gasteiger partial charge in [0.05, 0.1) is 6.10 Å². The Morgan fingerprint density at radius 1 is 1.23 bits per heavy atom. The number of nitrogens with zero attached hydrogens (tertiary/aromatic N) is 2. The number of anilines is 1. The van der Waals surface area contributed by atoms with E-state index in [0.717, 1.165) is 37.1 Å². The van der Waals surface area contributed by atoms with Crippen molar-refractivity contribution < 1.29 is 14.3 Å². The topological polar surface area (TPSA) is 61.9 Å². The lowest BCUT2D eigenvalue weighted by molar-refractivity contribution is 0.00463. The Bertz CT molecular complexity index is 623. The number of hydrogen-bond acceptors (Lipinski definition) is 3. The standard InChI is InChI=1S/C20H31N3O3/c1-5-23(6-2)19(24)16-10-11-18(15(3)13-16)21-20(25)22(4)14-17-9-7-8-12-26-17/h10-11,13,17H,5-9,12,14H2,1-4H3,(H,21,25)/t17-/m0/s1. The van der Waals surface area contributed by atoms with Gasteiger partial charge in [0.25, 0.3) is 5.91 Å². The lowest BCUT2D eigenvalue weighted by Crippen LogP contribution is -2.39. The van der Waals surface area contributed by atoms with Crippen molar-refractivity contribution >= 4 is 17.6 Å². The summed E-state index contributed by atoms with van der Waals surface area (Å²) in [5.41, 5.74) is 2.24. The summed E-state index contributed by atoms with van der Waals surface area (Å²) >= 11 is 0. The molecule has 1 N–H and O–H groups in total. The van der Waals surface area contributed by atoms with Gasteiger partial charge in [-0.15, -0.1) is 0 Å². The first-order valence-corrected chi connectivity index (χ1v) is 9.49. The number of benzene rings is 1. The number of carbonyl (C=O) groups is 2. The molecule has 1 aromatic carbocycles. The molecule has 1 saturated heterocycles. The fourth-order valence-electron chi connectivity index (χ4n) is 3.18. The smallest absolute Gasteiger partial charge is 0.321 e. The molecule has 1 aliphatic heterocycles. The maximum atomic E-state index is 12.4. The Labute approximate surface area is 156 Å². The minimum Gasteiger partial charge on any atom is -0.376 e. The number of aryl methyl sites for hydroxylation is 1. The van der Waals surface area contributed by atoms with Crippen molar-refractivity contribution in [3.63, 3.8) is 0 Å². The second kappa shape index (κ2) is 9.57. The van der Waals surface area contributed by atoms with Crippen LogP contribution < -0.4 is 5.32 Å². The Balaban J connectivity index is 1.98. The summed E-state index contributed by atoms with van der Waals surface area (Å²) < 4.78 is 5.69. The largest absolute Gasteiger partial charge is 0.376 e. The third-order valence-electron chi connectivity index (χ3n) is 4.86. The van der Waals surface area contributed by atoms with Gasteiger partial charge in [-0.3, -0.25) is 4.79 Å². The van der Waals surface area contributed by atoms with E-state index < -0.39 is 0 Å². The van der Waals surface area contributed by atoms with Gasteiger partial charge in [-0.25, -0.2) is 4.79 Å². The van der Waals surface area contributed by atoms with Crippen LogP contribution in [0.15, 0.2) is 18.2 Å². The molecule has 6 heteroatoms. The number of rotatable bonds is 6. The van der Waals surface area contributed by atoms with Crippen LogP contribution in [-0.4, -0.2) is 61.1 Å². The first kappa shape index (κ1) is 20.2. The van der Waals surface area contributed by atoms with Crippen LogP contribution in [0.2, 0.25) is 0 Å². The van der Waals surface area contributed by atoms with Crippen molar-refractivity contribution in [2.75, 3.05) is 38.6 Å². The van der Waals surface area contributed by atoms with Crippen LogP contribution in [0.3, 0.4) is 0 Å². The van der Waals surface area contributed by atoms with E-state index in [-0.39, 0.29) is 18.0 Å². The van der Waals surface area contributed by atoms with Crippen molar-refractivity contribution in [1.29, 1.82) is 0 Å². The van der Waals surface area contributed by atoms with Crippen LogP contribution in [-0.2, 0) is 4.74 Å². The Kier molecular flexibility index (Phi) is 7.45. The number of likely N-dealkylation sites (N-methyl/N-ethyl adjacent to an activating group) is 1. The number of ether oxygens (including phenoxy) is 1. The SMILES string of the molecule is CCN(CC)C(=O)c1ccc(NC(=O)N(C)C[C@@H]2CCCCO2)c(C)c1. The Hall–Kier alpha value is -2.08. The zero-order valence-corrected chi connectivity index (χ0v) is 16.4. The molecule has 6 nitrogen and oxygen atoms in total. The molecule has 1 atom stereocenters. The van der Waals surface area contributed by atoms with E-state index >= 15 is 0 Å². The first-order valence-electron chi connectivity index (χ1n) is 9.49. The van der Waals surface area contributed by atoms with Gasteiger partial charge in [-0.05, 0) is 63.8 Å². The van der Waals surface area contributed by atoms with E-state index in [0.29, 0.717) is 25.2 Å². The van der Waals surface area contributed by atoms with Gasteiger partial charge < -0.3 is 19.9 Å². The molecule has 0 radical (unpaired) electrons. The molecule has 3 amide bonds. The molecule has 1 heterocycles. The molecule has 0 spiro atoms. The second-order valence-electron chi connectivity index (χ2n) is 6.81. The predicted octanol–water partition coefficient (Wildman–Crippen LogP) is 3.51. The molecule has 0 aromatic heterocycles. The summed E-state index contributed by atoms with van der Waals surface area (Å²) in [6, 6.07) is 5.24. The van der Waals surface area contributed by atoms with Crippen molar-refractivity contribution in [2.45, 2.75) is 46.1 Å². The van der Waals surface area contributed by atoms with Gasteiger partial charge in [-0.1, -0.05) is 0 Å². The molecule has 2 rings (SSSR count). The van der Waals surface area contributed by atoms with Crippen molar-refractivity contribution in [3.8, 4) is 0 Å². The number of urea groups is 1. The summed E-state index contributed by atoms with van der Waals surface area (Å²) in [5.74, 6) is 0.0162. The van der Waals surface area contributed by atoms with Crippen LogP contribution in [0.5, 0.6) is 0 Å². The van der Waals surface area contributed by atoms with Gasteiger partial charge in [-0.2, -0.15) is 0 Å². The molecular formula is C20H31N3O3. The van der Waals surface area contributed by atoms with E-state index in [1.54, 1.807) is 29.0 Å². The summed E-state index contributed by atoms with van der Waals surface area (Å²) in [6.07, 6.45) is 3.37. The van der Waals surface area contributed by atoms with Gasteiger partial charge in [0.2, 0.25) is 0 Å². The van der Waals surface area contributed by atoms with Gasteiger partial charge in [0, 0.05) is 44.5 Å². The monoisotopic (exact) mass is 361 g/mol. The molecule has 1 fully saturated rings. The summed E-state index contributed by atoms with van der Waals surface area (Å²) in [6.45, 7) is 8.56. The highest BCUT2D eigenvalue weighted by Gasteiger charge is 2.19. The maximum absolute atomic E-state index is 12.4. The van der Waals surface area contributed by atoms with Crippen LogP contribution >= 0.6 is 0 Å². The van der Waals surface area contributed by atoms with Crippen molar-refractivity contribution in [3.05, 3.63) is 29.3 Å². The lowest BCUT2D eigenvalue weighted by Gasteiger charge is -2.27. The average Bonchev–Trinajstić information content (AvgIpc) is 2.65. The van der Waals surface area contributed by atoms with Crippen LogP contribution in [0, 0.1) is 6.92 Å². The van der Waals surface area contributed by atoms with Crippen LogP contribution in [0.25, 0.3) is 0 Å². The molecule has 0 bridgehead atoms. The third kappa shape index (κ3) is 5.21. The fraction of sp³-hybridized carbons (Fsp3) is 0.600. The van der Waals surface area contributed by atoms with E-state index in [4.69, 9.17) is 4.74 Å². The van der Waals surface area contributed by atoms with Crippen molar-refractivity contribution in [1.82, 2.24) is 9.80 Å². The first-order chi connectivity index (χ1) is 12.5. The zero-order valence-electron chi connectivity index (χ0n) is 16.4. The molecule has 1 aliphatic rings. The zero-order chi connectivity index (χ0) is 19.1. The number of nitrogens with one attached hydrogen (secondary N) is 1. The summed E-state index contributed by atoms with van der Waals surface area (Å²) in [7, 11) is 1.78. The van der Waals surface area contributed by atoms with Gasteiger partial charge in [0.1, 0.15) is 0 Å². The molecular weight excluding hydrogens is 330 g/mol. The van der Waals surface area contributed by atoms with Crippen LogP contribution in [0.4, 0.5) is 10.5 Å². The summed E-state index contributed by atoms with van der Waals surface area (Å²) in [4.78, 5) is 28.3. The van der Waals surface area contributed by atoms with E-state index in [9.17, 15) is 9.59 Å². The quantitative estimate of drug-likeness (QED) is 0.843. The van der Waals surface area contributed by atoms with Crippen LogP contribution in [0.1, 0.15) is 49.0 Å². The highest BCUT2D eigenvalue weighted by Crippen LogP contribution is 2.19. The molecule has 0 unspecified atom stereocenters. The number of hydrogen-bond donors (Lipinski definition) is 1. The average molecular weight is 361 g/mol. The van der Waals surface area contributed by atoms with Crippen molar-refractivity contribution in [2.24, 2.45) is 0 Å². The fourth-order valence-corrected chi connectivity index (χ4v) is 3.18. The summed E-state index contributed by atoms with van der Waals surface area (Å²) in [5, 5.41) is 2.93.